The van der Waals surface area contributed by atoms with E-state index in [1.54, 1.807) is 0 Å². The summed E-state index contributed by atoms with van der Waals surface area (Å²) in [4.78, 5) is 0. The van der Waals surface area contributed by atoms with Crippen molar-refractivity contribution in [3.05, 3.63) is 0 Å². The van der Waals surface area contributed by atoms with Gasteiger partial charge in [0.2, 0.25) is 0 Å². The first-order valence-electron chi connectivity index (χ1n) is 7.80. The Morgan fingerprint density at radius 2 is 1.05 bits per heavy atom. The zero-order valence-electron chi connectivity index (χ0n) is 11.7. The van der Waals surface area contributed by atoms with Crippen molar-refractivity contribution >= 4 is 0 Å². The largest absolute Gasteiger partial charge is 0.395 e. The average molecular weight is 272 g/mol. The number of aliphatic hydroxyl groups is 4. The van der Waals surface area contributed by atoms with Gasteiger partial charge in [0.25, 0.3) is 5.97 Å². The van der Waals surface area contributed by atoms with Crippen molar-refractivity contribution in [2.24, 2.45) is 17.3 Å². The van der Waals surface area contributed by atoms with Crippen LogP contribution in [0.15, 0.2) is 0 Å². The number of rotatable bonds is 4. The van der Waals surface area contributed by atoms with E-state index >= 15 is 0 Å². The molecule has 112 valence electrons. The van der Waals surface area contributed by atoms with E-state index in [4.69, 9.17) is 0 Å². The fourth-order valence-corrected chi connectivity index (χ4v) is 4.48. The highest BCUT2D eigenvalue weighted by molar-refractivity contribution is 4.98. The summed E-state index contributed by atoms with van der Waals surface area (Å²) < 4.78 is 0. The predicted octanol–water partition coefficient (Wildman–Crippen LogP) is 1.76. The Labute approximate surface area is 115 Å². The molecule has 0 aliphatic heterocycles. The third-order valence-corrected chi connectivity index (χ3v) is 5.55. The molecule has 0 radical (unpaired) electrons. The number of hydrogen-bond donors (Lipinski definition) is 4. The maximum atomic E-state index is 9.98. The molecule has 2 fully saturated rings. The normalized spacial score (nSPS) is 24.6. The van der Waals surface area contributed by atoms with Crippen LogP contribution in [0.2, 0.25) is 0 Å². The molecule has 2 aliphatic carbocycles. The van der Waals surface area contributed by atoms with Crippen LogP contribution in [0, 0.1) is 17.3 Å². The van der Waals surface area contributed by atoms with Gasteiger partial charge >= 0.3 is 0 Å². The van der Waals surface area contributed by atoms with Crippen LogP contribution in [-0.2, 0) is 0 Å². The van der Waals surface area contributed by atoms with Gasteiger partial charge in [-0.1, -0.05) is 38.5 Å². The zero-order valence-corrected chi connectivity index (χ0v) is 11.7. The van der Waals surface area contributed by atoms with Gasteiger partial charge in [-0.25, -0.2) is 0 Å². The third-order valence-electron chi connectivity index (χ3n) is 5.55. The van der Waals surface area contributed by atoms with Gasteiger partial charge in [-0.2, -0.15) is 0 Å². The maximum Gasteiger partial charge on any atom is 0.284 e. The number of aliphatic hydroxyl groups excluding tert-OH is 1. The zero-order chi connectivity index (χ0) is 13.9. The van der Waals surface area contributed by atoms with E-state index in [1.807, 2.05) is 0 Å². The van der Waals surface area contributed by atoms with E-state index in [0.717, 1.165) is 64.2 Å². The fraction of sp³-hybridized carbons (Fsp3) is 1.00. The molecule has 4 heteroatoms. The van der Waals surface area contributed by atoms with Gasteiger partial charge in [-0.3, -0.25) is 0 Å². The molecule has 0 amide bonds. The molecule has 0 heterocycles. The summed E-state index contributed by atoms with van der Waals surface area (Å²) in [5.41, 5.74) is -1.16. The van der Waals surface area contributed by atoms with E-state index in [-0.39, 0.29) is 18.4 Å². The standard InChI is InChI=1S/C15H28O4/c16-11-14(15(17,18)19,12-7-3-1-4-8-12)13-9-5-2-6-10-13/h12-13,16-19H,1-11H2. The SMILES string of the molecule is OCC(C1CCCCC1)(C1CCCCC1)C(O)(O)O. The first kappa shape index (κ1) is 15.2. The van der Waals surface area contributed by atoms with Gasteiger partial charge < -0.3 is 20.4 Å². The van der Waals surface area contributed by atoms with Gasteiger partial charge in [0.15, 0.2) is 0 Å². The molecular weight excluding hydrogens is 244 g/mol. The van der Waals surface area contributed by atoms with Crippen LogP contribution in [0.25, 0.3) is 0 Å². The summed E-state index contributed by atoms with van der Waals surface area (Å²) in [5.74, 6) is -2.75. The van der Waals surface area contributed by atoms with Crippen LogP contribution in [0.5, 0.6) is 0 Å². The third kappa shape index (κ3) is 2.82. The molecule has 2 rings (SSSR count). The first-order valence-corrected chi connectivity index (χ1v) is 7.80. The van der Waals surface area contributed by atoms with Crippen molar-refractivity contribution in [2.45, 2.75) is 70.2 Å². The molecule has 0 spiro atoms. The highest BCUT2D eigenvalue weighted by Crippen LogP contribution is 2.53. The summed E-state index contributed by atoms with van der Waals surface area (Å²) in [6.07, 6.45) is 10.0. The quantitative estimate of drug-likeness (QED) is 0.588. The molecule has 2 aliphatic rings. The minimum Gasteiger partial charge on any atom is -0.395 e. The van der Waals surface area contributed by atoms with Gasteiger partial charge in [-0.05, 0) is 37.5 Å². The highest BCUT2D eigenvalue weighted by atomic mass is 16.7. The minimum atomic E-state index is -2.77. The van der Waals surface area contributed by atoms with Crippen LogP contribution in [0.1, 0.15) is 64.2 Å². The Hall–Kier alpha value is -0.160. The molecular formula is C15H28O4. The van der Waals surface area contributed by atoms with Gasteiger partial charge in [0, 0.05) is 0 Å². The topological polar surface area (TPSA) is 80.9 Å². The minimum absolute atomic E-state index is 0.00866. The van der Waals surface area contributed by atoms with E-state index in [2.05, 4.69) is 0 Å². The molecule has 0 aromatic heterocycles. The van der Waals surface area contributed by atoms with Crippen LogP contribution >= 0.6 is 0 Å². The van der Waals surface area contributed by atoms with Crippen LogP contribution in [0.4, 0.5) is 0 Å². The lowest BCUT2D eigenvalue weighted by Crippen LogP contribution is -2.60. The van der Waals surface area contributed by atoms with Gasteiger partial charge in [0.05, 0.1) is 12.0 Å². The van der Waals surface area contributed by atoms with E-state index in [9.17, 15) is 20.4 Å². The van der Waals surface area contributed by atoms with Gasteiger partial charge in [-0.15, -0.1) is 0 Å². The second-order valence-corrected chi connectivity index (χ2v) is 6.50. The Balaban J connectivity index is 2.28. The molecule has 0 aromatic rings. The molecule has 19 heavy (non-hydrogen) atoms. The van der Waals surface area contributed by atoms with Crippen molar-refractivity contribution in [2.75, 3.05) is 6.61 Å². The van der Waals surface area contributed by atoms with Crippen LogP contribution < -0.4 is 0 Å². The number of hydrogen-bond acceptors (Lipinski definition) is 4. The second-order valence-electron chi connectivity index (χ2n) is 6.50. The monoisotopic (exact) mass is 272 g/mol. The molecule has 0 unspecified atom stereocenters. The van der Waals surface area contributed by atoms with E-state index < -0.39 is 11.4 Å². The smallest absolute Gasteiger partial charge is 0.284 e. The van der Waals surface area contributed by atoms with Gasteiger partial charge in [0.1, 0.15) is 0 Å². The molecule has 4 nitrogen and oxygen atoms in total. The van der Waals surface area contributed by atoms with Crippen LogP contribution in [-0.4, -0.2) is 33.0 Å². The summed E-state index contributed by atoms with van der Waals surface area (Å²) in [6, 6.07) is 0. The predicted molar refractivity (Wildman–Crippen MR) is 72.1 cm³/mol. The van der Waals surface area contributed by atoms with Crippen molar-refractivity contribution in [3.8, 4) is 0 Å². The van der Waals surface area contributed by atoms with Crippen molar-refractivity contribution < 1.29 is 20.4 Å². The van der Waals surface area contributed by atoms with Crippen LogP contribution in [0.3, 0.4) is 0 Å². The van der Waals surface area contributed by atoms with E-state index in [1.165, 1.54) is 0 Å². The second kappa shape index (κ2) is 6.08. The lowest BCUT2D eigenvalue weighted by atomic mass is 9.57. The Kier molecular flexibility index (Phi) is 4.88. The molecule has 4 N–H and O–H groups in total. The van der Waals surface area contributed by atoms with E-state index in [0.29, 0.717) is 0 Å². The summed E-state index contributed by atoms with van der Waals surface area (Å²) in [5, 5.41) is 39.9. The summed E-state index contributed by atoms with van der Waals surface area (Å²) in [7, 11) is 0. The molecule has 0 atom stereocenters. The molecule has 2 saturated carbocycles. The highest BCUT2D eigenvalue weighted by Gasteiger charge is 2.58. The molecule has 0 aromatic carbocycles. The Morgan fingerprint density at radius 3 is 1.32 bits per heavy atom. The van der Waals surface area contributed by atoms with Crippen molar-refractivity contribution in [3.63, 3.8) is 0 Å². The first-order chi connectivity index (χ1) is 9.02. The lowest BCUT2D eigenvalue weighted by molar-refractivity contribution is -0.405. The molecule has 0 bridgehead atoms. The van der Waals surface area contributed by atoms with Crippen molar-refractivity contribution in [1.29, 1.82) is 0 Å². The lowest BCUT2D eigenvalue weighted by Gasteiger charge is -2.51. The van der Waals surface area contributed by atoms with Crippen molar-refractivity contribution in [1.82, 2.24) is 0 Å². The maximum absolute atomic E-state index is 9.98. The fourth-order valence-electron chi connectivity index (χ4n) is 4.48. The Morgan fingerprint density at radius 1 is 0.684 bits per heavy atom. The summed E-state index contributed by atoms with van der Waals surface area (Å²) >= 11 is 0. The Bertz CT molecular complexity index is 254. The average Bonchev–Trinajstić information content (AvgIpc) is 2.41. The molecule has 0 saturated heterocycles. The summed E-state index contributed by atoms with van der Waals surface area (Å²) in [6.45, 7) is -0.341.